The fourth-order valence-corrected chi connectivity index (χ4v) is 3.78. The lowest BCUT2D eigenvalue weighted by Crippen LogP contribution is -2.50. The van der Waals surface area contributed by atoms with Crippen LogP contribution in [0.4, 0.5) is 0 Å². The minimum absolute atomic E-state index is 0.0810. The fraction of sp³-hybridized carbons (Fsp3) is 0.636. The first-order chi connectivity index (χ1) is 15.4. The molecule has 33 heavy (non-hydrogen) atoms. The van der Waals surface area contributed by atoms with Crippen molar-refractivity contribution in [1.29, 1.82) is 0 Å². The van der Waals surface area contributed by atoms with Crippen LogP contribution < -0.4 is 16.4 Å². The summed E-state index contributed by atoms with van der Waals surface area (Å²) < 4.78 is 28.9. The van der Waals surface area contributed by atoms with Gasteiger partial charge in [0, 0.05) is 37.1 Å². The van der Waals surface area contributed by atoms with E-state index in [1.54, 1.807) is 0 Å². The number of hydrogen-bond acceptors (Lipinski definition) is 8. The number of nitrogens with two attached hydrogens (primary N) is 1. The van der Waals surface area contributed by atoms with Crippen LogP contribution in [0.25, 0.3) is 0 Å². The Hall–Kier alpha value is -1.66. The van der Waals surface area contributed by atoms with Crippen LogP contribution in [0.15, 0.2) is 30.3 Å². The second-order valence-corrected chi connectivity index (χ2v) is 11.2. The zero-order valence-corrected chi connectivity index (χ0v) is 21.1. The summed E-state index contributed by atoms with van der Waals surface area (Å²) >= 11 is 4.19. The highest BCUT2D eigenvalue weighted by Gasteiger charge is 2.28. The normalized spacial score (nSPS) is 15.6. The molecule has 1 rings (SSSR count). The molecule has 0 fully saturated rings. The van der Waals surface area contributed by atoms with Crippen LogP contribution in [0.1, 0.15) is 25.8 Å². The number of benzene rings is 1. The van der Waals surface area contributed by atoms with E-state index < -0.39 is 33.9 Å². The number of carboxylic acid groups (broad SMARTS) is 1. The number of carbonyl (C=O) groups is 2. The molecule has 11 heteroatoms. The molecule has 0 aliphatic rings. The molecule has 5 N–H and O–H groups in total. The Kier molecular flexibility index (Phi) is 13.0. The molecule has 0 heterocycles. The van der Waals surface area contributed by atoms with Gasteiger partial charge in [-0.05, 0) is 17.9 Å². The summed E-state index contributed by atoms with van der Waals surface area (Å²) in [5.74, 6) is -1.53. The third kappa shape index (κ3) is 12.4. The third-order valence-corrected chi connectivity index (χ3v) is 6.55. The largest absolute Gasteiger partial charge is 0.480 e. The van der Waals surface area contributed by atoms with E-state index in [9.17, 15) is 23.1 Å². The molecule has 0 radical (unpaired) electrons. The van der Waals surface area contributed by atoms with Gasteiger partial charge in [0.15, 0.2) is 0 Å². The maximum atomic E-state index is 13.0. The number of thiol groups is 1. The molecule has 4 atom stereocenters. The van der Waals surface area contributed by atoms with Crippen molar-refractivity contribution in [1.82, 2.24) is 10.6 Å². The molecule has 1 aromatic rings. The molecule has 1 aromatic carbocycles. The quantitative estimate of drug-likeness (QED) is 0.205. The van der Waals surface area contributed by atoms with Gasteiger partial charge in [0.1, 0.15) is 22.0 Å². The maximum Gasteiger partial charge on any atom is 0.326 e. The van der Waals surface area contributed by atoms with Crippen molar-refractivity contribution >= 4 is 34.3 Å². The average molecular weight is 504 g/mol. The Bertz CT molecular complexity index is 836. The summed E-state index contributed by atoms with van der Waals surface area (Å²) in [4.78, 5) is 24.6. The van der Waals surface area contributed by atoms with E-state index >= 15 is 0 Å². The SMILES string of the molecule is CC(C)[C@@H](CO[C@@H](Cc1ccccc1)C(=O)N[C@@H](CCS(C)(=O)=O)C(=O)O)NC[C@@H](N)CS. The van der Waals surface area contributed by atoms with Gasteiger partial charge < -0.3 is 26.2 Å². The zero-order chi connectivity index (χ0) is 25.0. The average Bonchev–Trinajstić information content (AvgIpc) is 2.74. The van der Waals surface area contributed by atoms with E-state index in [4.69, 9.17) is 10.5 Å². The molecule has 0 unspecified atom stereocenters. The van der Waals surface area contributed by atoms with Crippen LogP contribution in [-0.2, 0) is 30.6 Å². The van der Waals surface area contributed by atoms with Crippen LogP contribution in [0.3, 0.4) is 0 Å². The van der Waals surface area contributed by atoms with E-state index in [2.05, 4.69) is 23.3 Å². The minimum Gasteiger partial charge on any atom is -0.480 e. The first-order valence-electron chi connectivity index (χ1n) is 10.9. The van der Waals surface area contributed by atoms with Gasteiger partial charge in [-0.25, -0.2) is 13.2 Å². The van der Waals surface area contributed by atoms with Crippen LogP contribution >= 0.6 is 12.6 Å². The summed E-state index contributed by atoms with van der Waals surface area (Å²) in [6, 6.07) is 7.71. The summed E-state index contributed by atoms with van der Waals surface area (Å²) in [6.07, 6.45) is 0.0873. The monoisotopic (exact) mass is 503 g/mol. The highest BCUT2D eigenvalue weighted by molar-refractivity contribution is 7.90. The van der Waals surface area contributed by atoms with Crippen LogP contribution in [0.2, 0.25) is 0 Å². The highest BCUT2D eigenvalue weighted by atomic mass is 32.2. The first kappa shape index (κ1) is 29.4. The van der Waals surface area contributed by atoms with Crippen molar-refractivity contribution in [3.05, 3.63) is 35.9 Å². The van der Waals surface area contributed by atoms with Gasteiger partial charge in [0.05, 0.1) is 12.4 Å². The maximum absolute atomic E-state index is 13.0. The van der Waals surface area contributed by atoms with Gasteiger partial charge in [-0.15, -0.1) is 0 Å². The molecule has 0 saturated heterocycles. The van der Waals surface area contributed by atoms with Gasteiger partial charge in [0.25, 0.3) is 0 Å². The molecule has 9 nitrogen and oxygen atoms in total. The number of aliphatic carboxylic acids is 1. The Labute approximate surface area is 202 Å². The van der Waals surface area contributed by atoms with Crippen molar-refractivity contribution in [3.8, 4) is 0 Å². The molecule has 0 aromatic heterocycles. The number of amides is 1. The molecule has 0 aliphatic carbocycles. The Morgan fingerprint density at radius 1 is 1.21 bits per heavy atom. The first-order valence-corrected chi connectivity index (χ1v) is 13.6. The van der Waals surface area contributed by atoms with Crippen LogP contribution in [0.5, 0.6) is 0 Å². The number of sulfone groups is 1. The molecular weight excluding hydrogens is 466 g/mol. The summed E-state index contributed by atoms with van der Waals surface area (Å²) in [7, 11) is -3.37. The zero-order valence-electron chi connectivity index (χ0n) is 19.4. The van der Waals surface area contributed by atoms with Gasteiger partial charge >= 0.3 is 5.97 Å². The van der Waals surface area contributed by atoms with Gasteiger partial charge in [-0.3, -0.25) is 4.79 Å². The molecule has 188 valence electrons. The molecule has 0 aliphatic heterocycles. The molecular formula is C22H37N3O6S2. The van der Waals surface area contributed by atoms with Gasteiger partial charge in [-0.1, -0.05) is 44.2 Å². The highest BCUT2D eigenvalue weighted by Crippen LogP contribution is 2.11. The second kappa shape index (κ2) is 14.6. The van der Waals surface area contributed by atoms with Crippen LogP contribution in [0, 0.1) is 5.92 Å². The lowest BCUT2D eigenvalue weighted by molar-refractivity contribution is -0.144. The molecule has 0 bridgehead atoms. The van der Waals surface area contributed by atoms with Crippen LogP contribution in [-0.4, -0.2) is 80.5 Å². The van der Waals surface area contributed by atoms with Crippen molar-refractivity contribution in [2.24, 2.45) is 11.7 Å². The Balaban J connectivity index is 2.93. The standard InChI is InChI=1S/C22H37N3O6S2/c1-15(2)19(24-12-17(23)14-32)13-31-20(11-16-7-5-4-6-8-16)21(26)25-18(22(27)28)9-10-33(3,29)30/h4-8,15,17-20,24,32H,9-14,23H2,1-3H3,(H,25,26)(H,27,28)/t17-,18+,19-,20+/m1/s1. The van der Waals surface area contributed by atoms with Crippen molar-refractivity contribution in [2.75, 3.05) is 30.9 Å². The number of hydrogen-bond donors (Lipinski definition) is 5. The Morgan fingerprint density at radius 2 is 1.85 bits per heavy atom. The predicted octanol–water partition coefficient (Wildman–Crippen LogP) is 0.490. The van der Waals surface area contributed by atoms with E-state index in [-0.39, 0.29) is 43.2 Å². The van der Waals surface area contributed by atoms with E-state index in [1.807, 2.05) is 44.2 Å². The number of nitrogens with one attached hydrogen (secondary N) is 2. The molecule has 0 saturated carbocycles. The predicted molar refractivity (Wildman–Crippen MR) is 132 cm³/mol. The Morgan fingerprint density at radius 3 is 2.36 bits per heavy atom. The number of rotatable bonds is 16. The second-order valence-electron chi connectivity index (χ2n) is 8.53. The number of carboxylic acids is 1. The summed E-state index contributed by atoms with van der Waals surface area (Å²) in [5.41, 5.74) is 6.78. The number of ether oxygens (including phenoxy) is 1. The lowest BCUT2D eigenvalue weighted by atomic mass is 10.0. The smallest absolute Gasteiger partial charge is 0.326 e. The van der Waals surface area contributed by atoms with Crippen molar-refractivity contribution in [3.63, 3.8) is 0 Å². The van der Waals surface area contributed by atoms with Crippen molar-refractivity contribution in [2.45, 2.75) is 50.9 Å². The van der Waals surface area contributed by atoms with Gasteiger partial charge in [-0.2, -0.15) is 12.6 Å². The molecule has 0 spiro atoms. The summed E-state index contributed by atoms with van der Waals surface area (Å²) in [5, 5.41) is 15.2. The van der Waals surface area contributed by atoms with E-state index in [0.717, 1.165) is 11.8 Å². The fourth-order valence-electron chi connectivity index (χ4n) is 2.98. The number of carbonyl (C=O) groups excluding carboxylic acids is 1. The van der Waals surface area contributed by atoms with Gasteiger partial charge in [0.2, 0.25) is 5.91 Å². The van der Waals surface area contributed by atoms with E-state index in [0.29, 0.717) is 12.3 Å². The minimum atomic E-state index is -3.37. The lowest BCUT2D eigenvalue weighted by Gasteiger charge is -2.27. The van der Waals surface area contributed by atoms with E-state index in [1.165, 1.54) is 0 Å². The molecule has 1 amide bonds. The third-order valence-electron chi connectivity index (χ3n) is 5.11. The summed E-state index contributed by atoms with van der Waals surface area (Å²) in [6.45, 7) is 4.79. The topological polar surface area (TPSA) is 148 Å². The van der Waals surface area contributed by atoms with Crippen molar-refractivity contribution < 1.29 is 27.9 Å².